The summed E-state index contributed by atoms with van der Waals surface area (Å²) in [5, 5.41) is 7.08. The zero-order chi connectivity index (χ0) is 17.2. The van der Waals surface area contributed by atoms with Crippen molar-refractivity contribution in [1.29, 1.82) is 0 Å². The molecule has 3 heterocycles. The van der Waals surface area contributed by atoms with Crippen molar-refractivity contribution in [1.82, 2.24) is 29.5 Å². The van der Waals surface area contributed by atoms with Crippen molar-refractivity contribution < 1.29 is 4.79 Å². The van der Waals surface area contributed by atoms with Crippen LogP contribution in [-0.4, -0.2) is 30.1 Å². The molecule has 1 atom stereocenters. The molecule has 0 spiro atoms. The maximum absolute atomic E-state index is 12.4. The molecule has 0 radical (unpaired) electrons. The smallest absolute Gasteiger partial charge is 0.291 e. The van der Waals surface area contributed by atoms with Crippen LogP contribution in [-0.2, 0) is 0 Å². The number of amides is 1. The number of nitrogens with zero attached hydrogens (tertiary/aromatic N) is 5. The highest BCUT2D eigenvalue weighted by atomic mass is 16.2. The lowest BCUT2D eigenvalue weighted by Crippen LogP contribution is -2.27. The van der Waals surface area contributed by atoms with E-state index in [0.717, 1.165) is 11.3 Å². The Hall–Kier alpha value is -3.48. The van der Waals surface area contributed by atoms with Crippen molar-refractivity contribution in [2.75, 3.05) is 0 Å². The number of rotatable bonds is 4. The van der Waals surface area contributed by atoms with Crippen LogP contribution in [0.4, 0.5) is 0 Å². The van der Waals surface area contributed by atoms with E-state index in [-0.39, 0.29) is 17.8 Å². The average molecular weight is 332 g/mol. The topological polar surface area (TPSA) is 77.1 Å². The molecular weight excluding hydrogens is 316 g/mol. The molecule has 0 saturated carbocycles. The number of carbonyl (C=O) groups excluding carboxylic acids is 1. The second kappa shape index (κ2) is 6.20. The van der Waals surface area contributed by atoms with Gasteiger partial charge in [-0.3, -0.25) is 4.79 Å². The minimum Gasteiger partial charge on any atom is -0.343 e. The number of hydrogen-bond acceptors (Lipinski definition) is 4. The first-order chi connectivity index (χ1) is 12.2. The van der Waals surface area contributed by atoms with E-state index in [1.54, 1.807) is 18.5 Å². The average Bonchev–Trinajstić information content (AvgIpc) is 3.31. The molecule has 1 amide bonds. The van der Waals surface area contributed by atoms with Crippen LogP contribution in [0.25, 0.3) is 11.5 Å². The molecule has 4 aromatic rings. The molecule has 1 unspecified atom stereocenters. The second-order valence-electron chi connectivity index (χ2n) is 5.68. The number of aromatic nitrogens is 5. The molecule has 0 bridgehead atoms. The summed E-state index contributed by atoms with van der Waals surface area (Å²) in [6.45, 7) is 1.93. The number of fused-ring (bicyclic) bond motifs is 1. The van der Waals surface area contributed by atoms with E-state index in [9.17, 15) is 4.79 Å². The van der Waals surface area contributed by atoms with Gasteiger partial charge in [0.25, 0.3) is 11.7 Å². The molecule has 0 aliphatic heterocycles. The fourth-order valence-electron chi connectivity index (χ4n) is 2.63. The fraction of sp³-hybridized carbons (Fsp3) is 0.111. The van der Waals surface area contributed by atoms with Gasteiger partial charge in [0, 0.05) is 30.5 Å². The summed E-state index contributed by atoms with van der Waals surface area (Å²) in [6.07, 6.45) is 7.28. The Kier molecular flexibility index (Phi) is 3.74. The SMILES string of the molecule is CC(NC(=O)c1nc2ncccn2n1)c1cccc(-n2cccc2)c1. The Balaban J connectivity index is 1.54. The van der Waals surface area contributed by atoms with Crippen molar-refractivity contribution >= 4 is 11.7 Å². The molecule has 1 N–H and O–H groups in total. The van der Waals surface area contributed by atoms with Gasteiger partial charge in [0.15, 0.2) is 0 Å². The van der Waals surface area contributed by atoms with Gasteiger partial charge in [0.05, 0.1) is 6.04 Å². The van der Waals surface area contributed by atoms with E-state index in [4.69, 9.17) is 0 Å². The number of hydrogen-bond donors (Lipinski definition) is 1. The Morgan fingerprint density at radius 3 is 2.76 bits per heavy atom. The van der Waals surface area contributed by atoms with Gasteiger partial charge in [-0.05, 0) is 42.8 Å². The van der Waals surface area contributed by atoms with Crippen molar-refractivity contribution in [2.45, 2.75) is 13.0 Å². The predicted molar refractivity (Wildman–Crippen MR) is 92.4 cm³/mol. The second-order valence-corrected chi connectivity index (χ2v) is 5.68. The third kappa shape index (κ3) is 2.99. The lowest BCUT2D eigenvalue weighted by molar-refractivity contribution is 0.0929. The predicted octanol–water partition coefficient (Wildman–Crippen LogP) is 2.41. The normalized spacial score (nSPS) is 12.2. The molecule has 124 valence electrons. The van der Waals surface area contributed by atoms with Gasteiger partial charge in [0.2, 0.25) is 5.82 Å². The van der Waals surface area contributed by atoms with Crippen LogP contribution in [0, 0.1) is 0 Å². The summed E-state index contributed by atoms with van der Waals surface area (Å²) < 4.78 is 3.50. The van der Waals surface area contributed by atoms with Crippen LogP contribution in [0.15, 0.2) is 67.3 Å². The molecule has 25 heavy (non-hydrogen) atoms. The van der Waals surface area contributed by atoms with Crippen molar-refractivity contribution in [3.05, 3.63) is 78.6 Å². The number of carbonyl (C=O) groups is 1. The van der Waals surface area contributed by atoms with E-state index in [1.165, 1.54) is 4.52 Å². The van der Waals surface area contributed by atoms with E-state index < -0.39 is 0 Å². The Morgan fingerprint density at radius 2 is 1.96 bits per heavy atom. The number of benzene rings is 1. The third-order valence-corrected chi connectivity index (χ3v) is 3.94. The van der Waals surface area contributed by atoms with E-state index in [2.05, 4.69) is 20.4 Å². The third-order valence-electron chi connectivity index (χ3n) is 3.94. The highest BCUT2D eigenvalue weighted by Crippen LogP contribution is 2.17. The standard InChI is InChI=1S/C18H16N6O/c1-13(14-6-4-7-15(12-14)23-9-2-3-10-23)20-17(25)16-21-18-19-8-5-11-24(18)22-16/h2-13H,1H3,(H,20,25). The summed E-state index contributed by atoms with van der Waals surface area (Å²) in [4.78, 5) is 20.6. The summed E-state index contributed by atoms with van der Waals surface area (Å²) >= 11 is 0. The molecule has 0 fully saturated rings. The molecule has 7 nitrogen and oxygen atoms in total. The first-order valence-electron chi connectivity index (χ1n) is 7.92. The van der Waals surface area contributed by atoms with Crippen LogP contribution >= 0.6 is 0 Å². The van der Waals surface area contributed by atoms with Crippen LogP contribution < -0.4 is 5.32 Å². The van der Waals surface area contributed by atoms with Crippen LogP contribution in [0.5, 0.6) is 0 Å². The molecule has 7 heteroatoms. The summed E-state index contributed by atoms with van der Waals surface area (Å²) in [6, 6.07) is 13.5. The molecular formula is C18H16N6O. The van der Waals surface area contributed by atoms with E-state index in [1.807, 2.05) is 60.3 Å². The maximum atomic E-state index is 12.4. The van der Waals surface area contributed by atoms with Crippen molar-refractivity contribution in [3.8, 4) is 5.69 Å². The summed E-state index contributed by atoms with van der Waals surface area (Å²) in [7, 11) is 0. The van der Waals surface area contributed by atoms with Gasteiger partial charge in [-0.2, -0.15) is 4.98 Å². The zero-order valence-corrected chi connectivity index (χ0v) is 13.6. The minimum atomic E-state index is -0.329. The number of nitrogens with one attached hydrogen (secondary N) is 1. The largest absolute Gasteiger partial charge is 0.343 e. The lowest BCUT2D eigenvalue weighted by atomic mass is 10.1. The monoisotopic (exact) mass is 332 g/mol. The molecule has 0 aliphatic carbocycles. The minimum absolute atomic E-state index is 0.104. The van der Waals surface area contributed by atoms with Gasteiger partial charge >= 0.3 is 0 Å². The van der Waals surface area contributed by atoms with Gasteiger partial charge in [-0.15, -0.1) is 5.10 Å². The highest BCUT2D eigenvalue weighted by molar-refractivity contribution is 5.91. The van der Waals surface area contributed by atoms with Crippen LogP contribution in [0.1, 0.15) is 29.1 Å². The van der Waals surface area contributed by atoms with Gasteiger partial charge < -0.3 is 9.88 Å². The first kappa shape index (κ1) is 15.1. The van der Waals surface area contributed by atoms with E-state index >= 15 is 0 Å². The lowest BCUT2D eigenvalue weighted by Gasteiger charge is -2.14. The van der Waals surface area contributed by atoms with Gasteiger partial charge in [0.1, 0.15) is 0 Å². The molecule has 4 rings (SSSR count). The molecule has 0 saturated heterocycles. The maximum Gasteiger partial charge on any atom is 0.291 e. The van der Waals surface area contributed by atoms with Gasteiger partial charge in [-0.25, -0.2) is 9.50 Å². The highest BCUT2D eigenvalue weighted by Gasteiger charge is 2.16. The Labute approximate surface area is 144 Å². The summed E-state index contributed by atoms with van der Waals surface area (Å²) in [5.74, 6) is 0.173. The van der Waals surface area contributed by atoms with Crippen molar-refractivity contribution in [3.63, 3.8) is 0 Å². The van der Waals surface area contributed by atoms with Crippen LogP contribution in [0.3, 0.4) is 0 Å². The van der Waals surface area contributed by atoms with E-state index in [0.29, 0.717) is 5.78 Å². The fourth-order valence-corrected chi connectivity index (χ4v) is 2.63. The molecule has 1 aromatic carbocycles. The zero-order valence-electron chi connectivity index (χ0n) is 13.6. The van der Waals surface area contributed by atoms with Crippen LogP contribution in [0.2, 0.25) is 0 Å². The first-order valence-corrected chi connectivity index (χ1v) is 7.92. The van der Waals surface area contributed by atoms with Crippen molar-refractivity contribution in [2.24, 2.45) is 0 Å². The quantitative estimate of drug-likeness (QED) is 0.622. The summed E-state index contributed by atoms with van der Waals surface area (Å²) in [5.41, 5.74) is 2.04. The Morgan fingerprint density at radius 1 is 1.12 bits per heavy atom. The van der Waals surface area contributed by atoms with Gasteiger partial charge in [-0.1, -0.05) is 12.1 Å². The Bertz CT molecular complexity index is 988. The molecule has 3 aromatic heterocycles. The molecule has 0 aliphatic rings.